The number of para-hydroxylation sites is 1. The Morgan fingerprint density at radius 2 is 1.59 bits per heavy atom. The Bertz CT molecular complexity index is 788. The summed E-state index contributed by atoms with van der Waals surface area (Å²) in [5.41, 5.74) is 1.50. The summed E-state index contributed by atoms with van der Waals surface area (Å²) in [6.45, 7) is 3.05. The Hall–Kier alpha value is -2.63. The highest BCUT2D eigenvalue weighted by atomic mass is 16.2. The van der Waals surface area contributed by atoms with Crippen molar-refractivity contribution >= 4 is 11.8 Å². The molecule has 0 atom stereocenters. The van der Waals surface area contributed by atoms with Crippen molar-refractivity contribution in [1.82, 2.24) is 19.4 Å². The number of amides is 2. The third-order valence-electron chi connectivity index (χ3n) is 5.69. The van der Waals surface area contributed by atoms with E-state index in [0.717, 1.165) is 44.5 Å². The summed E-state index contributed by atoms with van der Waals surface area (Å²) in [4.78, 5) is 33.8. The van der Waals surface area contributed by atoms with Crippen LogP contribution in [0.2, 0.25) is 0 Å². The summed E-state index contributed by atoms with van der Waals surface area (Å²) in [6, 6.07) is 9.76. The van der Waals surface area contributed by atoms with E-state index in [-0.39, 0.29) is 17.7 Å². The third kappa shape index (κ3) is 3.75. The highest BCUT2D eigenvalue weighted by Crippen LogP contribution is 2.23. The zero-order valence-corrected chi connectivity index (χ0v) is 15.6. The van der Waals surface area contributed by atoms with Gasteiger partial charge in [0.15, 0.2) is 0 Å². The van der Waals surface area contributed by atoms with Gasteiger partial charge in [-0.1, -0.05) is 18.2 Å². The molecule has 0 radical (unpaired) electrons. The Morgan fingerprint density at radius 1 is 0.889 bits per heavy atom. The molecule has 0 unspecified atom stereocenters. The molecule has 2 fully saturated rings. The van der Waals surface area contributed by atoms with Gasteiger partial charge in [-0.25, -0.2) is 4.98 Å². The van der Waals surface area contributed by atoms with Crippen LogP contribution < -0.4 is 0 Å². The standard InChI is InChI=1S/C21H26N4O2/c26-20(23-11-5-2-6-12-23)17-9-13-24(14-10-17)21(27)19-15-22-16-25(19)18-7-3-1-4-8-18/h1,3-4,7-8,15-17H,2,5-6,9-14H2. The Balaban J connectivity index is 1.40. The van der Waals surface area contributed by atoms with E-state index in [0.29, 0.717) is 18.8 Å². The van der Waals surface area contributed by atoms with Crippen molar-refractivity contribution in [3.63, 3.8) is 0 Å². The van der Waals surface area contributed by atoms with Crippen molar-refractivity contribution in [2.75, 3.05) is 26.2 Å². The van der Waals surface area contributed by atoms with Crippen LogP contribution in [0, 0.1) is 5.92 Å². The molecule has 2 amide bonds. The van der Waals surface area contributed by atoms with E-state index in [1.807, 2.05) is 44.7 Å². The lowest BCUT2D eigenvalue weighted by atomic mass is 9.94. The van der Waals surface area contributed by atoms with Crippen LogP contribution in [0.4, 0.5) is 0 Å². The van der Waals surface area contributed by atoms with Crippen LogP contribution in [0.5, 0.6) is 0 Å². The second kappa shape index (κ2) is 7.94. The fourth-order valence-corrected chi connectivity index (χ4v) is 4.11. The normalized spacial score (nSPS) is 18.5. The predicted molar refractivity (Wildman–Crippen MR) is 103 cm³/mol. The molecule has 0 aliphatic carbocycles. The molecule has 6 nitrogen and oxygen atoms in total. The minimum atomic E-state index is -0.0137. The Morgan fingerprint density at radius 3 is 2.30 bits per heavy atom. The zero-order chi connectivity index (χ0) is 18.6. The number of aromatic nitrogens is 2. The minimum Gasteiger partial charge on any atom is -0.342 e. The second-order valence-corrected chi connectivity index (χ2v) is 7.44. The Kier molecular flexibility index (Phi) is 5.23. The van der Waals surface area contributed by atoms with Gasteiger partial charge in [-0.15, -0.1) is 0 Å². The van der Waals surface area contributed by atoms with E-state index in [9.17, 15) is 9.59 Å². The fraction of sp³-hybridized carbons (Fsp3) is 0.476. The van der Waals surface area contributed by atoms with Gasteiger partial charge >= 0.3 is 0 Å². The molecule has 2 aliphatic rings. The van der Waals surface area contributed by atoms with Gasteiger partial charge in [-0.2, -0.15) is 0 Å². The monoisotopic (exact) mass is 366 g/mol. The van der Waals surface area contributed by atoms with E-state index in [4.69, 9.17) is 0 Å². The number of likely N-dealkylation sites (tertiary alicyclic amines) is 2. The smallest absolute Gasteiger partial charge is 0.272 e. The lowest BCUT2D eigenvalue weighted by Crippen LogP contribution is -2.46. The zero-order valence-electron chi connectivity index (χ0n) is 15.6. The molecule has 1 aromatic carbocycles. The van der Waals surface area contributed by atoms with Gasteiger partial charge in [0, 0.05) is 37.8 Å². The molecular formula is C21H26N4O2. The molecule has 6 heteroatoms. The first-order valence-electron chi connectivity index (χ1n) is 9.90. The van der Waals surface area contributed by atoms with Crippen LogP contribution in [0.15, 0.2) is 42.9 Å². The molecule has 4 rings (SSSR count). The maximum Gasteiger partial charge on any atom is 0.272 e. The molecule has 27 heavy (non-hydrogen) atoms. The lowest BCUT2D eigenvalue weighted by molar-refractivity contribution is -0.137. The quantitative estimate of drug-likeness (QED) is 0.839. The van der Waals surface area contributed by atoms with E-state index in [1.165, 1.54) is 6.42 Å². The number of hydrogen-bond donors (Lipinski definition) is 0. The molecule has 142 valence electrons. The molecule has 2 saturated heterocycles. The van der Waals surface area contributed by atoms with E-state index < -0.39 is 0 Å². The fourth-order valence-electron chi connectivity index (χ4n) is 4.11. The molecule has 2 aromatic rings. The van der Waals surface area contributed by atoms with Crippen molar-refractivity contribution in [3.05, 3.63) is 48.5 Å². The van der Waals surface area contributed by atoms with Crippen molar-refractivity contribution in [3.8, 4) is 5.69 Å². The number of piperidine rings is 2. The SMILES string of the molecule is O=C(c1cncn1-c1ccccc1)N1CCC(C(=O)N2CCCCC2)CC1. The van der Waals surface area contributed by atoms with Crippen LogP contribution in [0.1, 0.15) is 42.6 Å². The number of nitrogens with zero attached hydrogens (tertiary/aromatic N) is 4. The molecule has 0 N–H and O–H groups in total. The first-order chi connectivity index (χ1) is 13.2. The number of rotatable bonds is 3. The Labute approximate surface area is 159 Å². The van der Waals surface area contributed by atoms with Gasteiger partial charge in [0.1, 0.15) is 5.69 Å². The highest BCUT2D eigenvalue weighted by molar-refractivity contribution is 5.93. The van der Waals surface area contributed by atoms with Crippen LogP contribution in [0.25, 0.3) is 5.69 Å². The van der Waals surface area contributed by atoms with Crippen LogP contribution in [-0.2, 0) is 4.79 Å². The van der Waals surface area contributed by atoms with Crippen LogP contribution in [0.3, 0.4) is 0 Å². The molecule has 2 aliphatic heterocycles. The van der Waals surface area contributed by atoms with E-state index in [2.05, 4.69) is 4.98 Å². The van der Waals surface area contributed by atoms with Gasteiger partial charge in [0.25, 0.3) is 5.91 Å². The van der Waals surface area contributed by atoms with E-state index >= 15 is 0 Å². The minimum absolute atomic E-state index is 0.0137. The molecule has 1 aromatic heterocycles. The molecular weight excluding hydrogens is 340 g/mol. The molecule has 0 bridgehead atoms. The van der Waals surface area contributed by atoms with Crippen molar-refractivity contribution < 1.29 is 9.59 Å². The molecule has 0 spiro atoms. The maximum atomic E-state index is 13.0. The molecule has 0 saturated carbocycles. The van der Waals surface area contributed by atoms with E-state index in [1.54, 1.807) is 12.5 Å². The number of carbonyl (C=O) groups excluding carboxylic acids is 2. The summed E-state index contributed by atoms with van der Waals surface area (Å²) in [6.07, 6.45) is 8.27. The number of carbonyl (C=O) groups is 2. The summed E-state index contributed by atoms with van der Waals surface area (Å²) < 4.78 is 1.83. The number of benzene rings is 1. The van der Waals surface area contributed by atoms with Crippen LogP contribution in [-0.4, -0.2) is 57.3 Å². The van der Waals surface area contributed by atoms with Gasteiger partial charge < -0.3 is 9.80 Å². The average Bonchev–Trinajstić information content (AvgIpc) is 3.24. The maximum absolute atomic E-state index is 13.0. The van der Waals surface area contributed by atoms with Crippen molar-refractivity contribution in [2.45, 2.75) is 32.1 Å². The second-order valence-electron chi connectivity index (χ2n) is 7.44. The van der Waals surface area contributed by atoms with Crippen molar-refractivity contribution in [1.29, 1.82) is 0 Å². The van der Waals surface area contributed by atoms with Crippen LogP contribution >= 0.6 is 0 Å². The topological polar surface area (TPSA) is 58.4 Å². The first-order valence-corrected chi connectivity index (χ1v) is 9.90. The molecule has 3 heterocycles. The largest absolute Gasteiger partial charge is 0.342 e. The summed E-state index contributed by atoms with van der Waals surface area (Å²) in [5, 5.41) is 0. The van der Waals surface area contributed by atoms with Gasteiger partial charge in [0.05, 0.1) is 12.5 Å². The predicted octanol–water partition coefficient (Wildman–Crippen LogP) is 2.74. The van der Waals surface area contributed by atoms with Gasteiger partial charge in [-0.3, -0.25) is 14.2 Å². The number of imidazole rings is 1. The summed E-state index contributed by atoms with van der Waals surface area (Å²) in [5.74, 6) is 0.336. The highest BCUT2D eigenvalue weighted by Gasteiger charge is 2.31. The summed E-state index contributed by atoms with van der Waals surface area (Å²) in [7, 11) is 0. The van der Waals surface area contributed by atoms with Gasteiger partial charge in [0.2, 0.25) is 5.91 Å². The summed E-state index contributed by atoms with van der Waals surface area (Å²) >= 11 is 0. The van der Waals surface area contributed by atoms with Gasteiger partial charge in [-0.05, 0) is 44.2 Å². The first kappa shape index (κ1) is 17.8. The average molecular weight is 366 g/mol. The lowest BCUT2D eigenvalue weighted by Gasteiger charge is -2.35. The number of hydrogen-bond acceptors (Lipinski definition) is 3. The third-order valence-corrected chi connectivity index (χ3v) is 5.69. The van der Waals surface area contributed by atoms with Crippen molar-refractivity contribution in [2.24, 2.45) is 5.92 Å².